The Labute approximate surface area is 233 Å². The number of aromatic nitrogens is 2. The standard InChI is InChI=1S/C32H23N3O6/c1-37-27-12-6-8-22(30(27)38-18-20-13-14-26-28(15-20)40-19-39-26)17-33-35-31(29-16-21-7-2-5-11-25(21)41-29)34-24-10-4-3-9-23(24)32(35)36/h2-17H,18-19H2,1H3. The Kier molecular flexibility index (Phi) is 6.09. The van der Waals surface area contributed by atoms with Crippen molar-refractivity contribution >= 4 is 28.1 Å². The molecule has 0 N–H and O–H groups in total. The predicted molar refractivity (Wildman–Crippen MR) is 154 cm³/mol. The van der Waals surface area contributed by atoms with Crippen LogP contribution < -0.4 is 24.5 Å². The number of nitrogens with zero attached hydrogens (tertiary/aromatic N) is 3. The summed E-state index contributed by atoms with van der Waals surface area (Å²) in [7, 11) is 1.57. The van der Waals surface area contributed by atoms with Gasteiger partial charge in [0.25, 0.3) is 5.56 Å². The average Bonchev–Trinajstić information content (AvgIpc) is 3.66. The van der Waals surface area contributed by atoms with Crippen LogP contribution in [-0.4, -0.2) is 29.8 Å². The van der Waals surface area contributed by atoms with Crippen LogP contribution in [0.4, 0.5) is 0 Å². The van der Waals surface area contributed by atoms with Crippen LogP contribution in [0, 0.1) is 0 Å². The molecule has 3 heterocycles. The number of ether oxygens (including phenoxy) is 4. The minimum atomic E-state index is -0.326. The van der Waals surface area contributed by atoms with E-state index in [1.54, 1.807) is 37.6 Å². The van der Waals surface area contributed by atoms with E-state index < -0.39 is 0 Å². The van der Waals surface area contributed by atoms with Gasteiger partial charge in [0.1, 0.15) is 12.2 Å². The van der Waals surface area contributed by atoms with Crippen molar-refractivity contribution < 1.29 is 23.4 Å². The van der Waals surface area contributed by atoms with Crippen LogP contribution in [0.15, 0.2) is 105 Å². The van der Waals surface area contributed by atoms with Crippen molar-refractivity contribution in [2.24, 2.45) is 5.10 Å². The second-order valence-corrected chi connectivity index (χ2v) is 9.32. The van der Waals surface area contributed by atoms with Crippen molar-refractivity contribution in [3.8, 4) is 34.6 Å². The maximum Gasteiger partial charge on any atom is 0.282 e. The van der Waals surface area contributed by atoms with Gasteiger partial charge in [-0.2, -0.15) is 9.78 Å². The zero-order valence-corrected chi connectivity index (χ0v) is 21.9. The molecule has 0 fully saturated rings. The summed E-state index contributed by atoms with van der Waals surface area (Å²) in [5.74, 6) is 3.09. The number of rotatable bonds is 7. The Morgan fingerprint density at radius 3 is 2.71 bits per heavy atom. The van der Waals surface area contributed by atoms with Crippen LogP contribution in [0.5, 0.6) is 23.0 Å². The summed E-state index contributed by atoms with van der Waals surface area (Å²) < 4.78 is 30.0. The van der Waals surface area contributed by atoms with Crippen molar-refractivity contribution in [1.82, 2.24) is 9.66 Å². The fourth-order valence-electron chi connectivity index (χ4n) is 4.74. The second-order valence-electron chi connectivity index (χ2n) is 9.32. The molecular weight excluding hydrogens is 522 g/mol. The fraction of sp³-hybridized carbons (Fsp3) is 0.0938. The van der Waals surface area contributed by atoms with Crippen molar-refractivity contribution in [2.75, 3.05) is 13.9 Å². The van der Waals surface area contributed by atoms with E-state index in [0.29, 0.717) is 50.8 Å². The summed E-state index contributed by atoms with van der Waals surface area (Å²) in [6, 6.07) is 27.7. The molecule has 2 aromatic heterocycles. The van der Waals surface area contributed by atoms with E-state index in [1.165, 1.54) is 4.68 Å². The van der Waals surface area contributed by atoms with E-state index in [2.05, 4.69) is 5.10 Å². The van der Waals surface area contributed by atoms with Crippen molar-refractivity contribution in [3.05, 3.63) is 112 Å². The summed E-state index contributed by atoms with van der Waals surface area (Å²) >= 11 is 0. The third kappa shape index (κ3) is 4.53. The molecule has 0 radical (unpaired) electrons. The number of fused-ring (bicyclic) bond motifs is 3. The molecule has 6 aromatic rings. The highest BCUT2D eigenvalue weighted by Crippen LogP contribution is 2.35. The molecule has 202 valence electrons. The van der Waals surface area contributed by atoms with Crippen LogP contribution in [0.25, 0.3) is 33.5 Å². The molecule has 0 unspecified atom stereocenters. The molecule has 0 aliphatic carbocycles. The number of hydrogen-bond acceptors (Lipinski definition) is 8. The van der Waals surface area contributed by atoms with E-state index in [-0.39, 0.29) is 24.8 Å². The van der Waals surface area contributed by atoms with Gasteiger partial charge in [0, 0.05) is 10.9 Å². The number of hydrogen-bond donors (Lipinski definition) is 0. The molecule has 9 nitrogen and oxygen atoms in total. The van der Waals surface area contributed by atoms with Gasteiger partial charge >= 0.3 is 0 Å². The summed E-state index contributed by atoms with van der Waals surface area (Å²) in [6.45, 7) is 0.450. The zero-order chi connectivity index (χ0) is 27.8. The minimum Gasteiger partial charge on any atom is -0.493 e. The lowest BCUT2D eigenvalue weighted by molar-refractivity contribution is 0.174. The van der Waals surface area contributed by atoms with Crippen LogP contribution in [0.1, 0.15) is 11.1 Å². The largest absolute Gasteiger partial charge is 0.493 e. The minimum absolute atomic E-state index is 0.200. The molecule has 0 saturated heterocycles. The van der Waals surface area contributed by atoms with Gasteiger partial charge in [-0.1, -0.05) is 42.5 Å². The highest BCUT2D eigenvalue weighted by atomic mass is 16.7. The Morgan fingerprint density at radius 2 is 1.80 bits per heavy atom. The quantitative estimate of drug-likeness (QED) is 0.227. The molecule has 0 spiro atoms. The van der Waals surface area contributed by atoms with E-state index in [9.17, 15) is 4.79 Å². The number of para-hydroxylation sites is 3. The fourth-order valence-corrected chi connectivity index (χ4v) is 4.74. The Bertz CT molecular complexity index is 1980. The smallest absolute Gasteiger partial charge is 0.282 e. The van der Waals surface area contributed by atoms with Crippen molar-refractivity contribution in [1.29, 1.82) is 0 Å². The Balaban J connectivity index is 1.29. The van der Waals surface area contributed by atoms with Crippen LogP contribution in [-0.2, 0) is 6.61 Å². The monoisotopic (exact) mass is 545 g/mol. The third-order valence-electron chi connectivity index (χ3n) is 6.76. The normalized spacial score (nSPS) is 12.4. The van der Waals surface area contributed by atoms with Gasteiger partial charge < -0.3 is 23.4 Å². The summed E-state index contributed by atoms with van der Waals surface area (Å²) in [5, 5.41) is 5.93. The van der Waals surface area contributed by atoms with Crippen LogP contribution >= 0.6 is 0 Å². The number of furan rings is 1. The molecule has 0 saturated carbocycles. The average molecular weight is 546 g/mol. The Morgan fingerprint density at radius 1 is 0.951 bits per heavy atom. The maximum absolute atomic E-state index is 13.7. The molecule has 41 heavy (non-hydrogen) atoms. The van der Waals surface area contributed by atoms with Gasteiger partial charge in [0.2, 0.25) is 12.6 Å². The molecule has 1 aliphatic heterocycles. The molecule has 0 amide bonds. The van der Waals surface area contributed by atoms with Crippen LogP contribution in [0.3, 0.4) is 0 Å². The van der Waals surface area contributed by atoms with Gasteiger partial charge in [-0.25, -0.2) is 4.98 Å². The topological polar surface area (TPSA) is 97.3 Å². The van der Waals surface area contributed by atoms with Gasteiger partial charge in [0.15, 0.2) is 28.8 Å². The van der Waals surface area contributed by atoms with Gasteiger partial charge in [-0.3, -0.25) is 4.79 Å². The maximum atomic E-state index is 13.7. The van der Waals surface area contributed by atoms with E-state index in [1.807, 2.05) is 66.7 Å². The van der Waals surface area contributed by atoms with Crippen LogP contribution in [0.2, 0.25) is 0 Å². The van der Waals surface area contributed by atoms with E-state index in [0.717, 1.165) is 10.9 Å². The lowest BCUT2D eigenvalue weighted by Crippen LogP contribution is -2.20. The summed E-state index contributed by atoms with van der Waals surface area (Å²) in [5.41, 5.74) is 2.42. The molecule has 4 aromatic carbocycles. The van der Waals surface area contributed by atoms with E-state index in [4.69, 9.17) is 28.3 Å². The van der Waals surface area contributed by atoms with Gasteiger partial charge in [-0.05, 0) is 54.1 Å². The molecule has 9 heteroatoms. The summed E-state index contributed by atoms with van der Waals surface area (Å²) in [6.07, 6.45) is 1.56. The molecule has 1 aliphatic rings. The van der Waals surface area contributed by atoms with Gasteiger partial charge in [-0.15, -0.1) is 0 Å². The van der Waals surface area contributed by atoms with Crippen molar-refractivity contribution in [3.63, 3.8) is 0 Å². The highest BCUT2D eigenvalue weighted by Gasteiger charge is 2.18. The number of methoxy groups -OCH3 is 1. The molecule has 7 rings (SSSR count). The van der Waals surface area contributed by atoms with Crippen molar-refractivity contribution in [2.45, 2.75) is 6.61 Å². The molecule has 0 bridgehead atoms. The summed E-state index contributed by atoms with van der Waals surface area (Å²) in [4.78, 5) is 18.4. The SMILES string of the molecule is COc1cccc(C=Nn2c(-c3cc4ccccc4o3)nc3ccccc3c2=O)c1OCc1ccc2c(c1)OCO2. The van der Waals surface area contributed by atoms with Gasteiger partial charge in [0.05, 0.1) is 24.2 Å². The first-order chi connectivity index (χ1) is 20.2. The lowest BCUT2D eigenvalue weighted by atomic mass is 10.2. The molecular formula is C32H23N3O6. The van der Waals surface area contributed by atoms with E-state index >= 15 is 0 Å². The highest BCUT2D eigenvalue weighted by molar-refractivity contribution is 5.86. The molecule has 0 atom stereocenters. The lowest BCUT2D eigenvalue weighted by Gasteiger charge is -2.14. The first kappa shape index (κ1) is 24.5. The third-order valence-corrected chi connectivity index (χ3v) is 6.76. The first-order valence-corrected chi connectivity index (χ1v) is 12.9. The second kappa shape index (κ2) is 10.2. The first-order valence-electron chi connectivity index (χ1n) is 12.9. The Hall–Kier alpha value is -5.57. The predicted octanol–water partition coefficient (Wildman–Crippen LogP) is 6.01. The number of benzene rings is 4. The zero-order valence-electron chi connectivity index (χ0n) is 21.9.